The van der Waals surface area contributed by atoms with Gasteiger partial charge in [0.1, 0.15) is 5.52 Å². The Morgan fingerprint density at radius 1 is 1.20 bits per heavy atom. The van der Waals surface area contributed by atoms with E-state index in [1.54, 1.807) is 30.3 Å². The van der Waals surface area contributed by atoms with E-state index < -0.39 is 15.0 Å². The van der Waals surface area contributed by atoms with Gasteiger partial charge in [-0.1, -0.05) is 12.1 Å². The lowest BCUT2D eigenvalue weighted by Gasteiger charge is -2.13. The number of nitro groups is 1. The molecule has 0 amide bonds. The molecule has 5 N–H and O–H groups in total. The maximum absolute atomic E-state index is 12.9. The Morgan fingerprint density at radius 3 is 2.37 bits per heavy atom. The van der Waals surface area contributed by atoms with Crippen LogP contribution in [0.3, 0.4) is 0 Å². The Hall–Kier alpha value is -3.06. The average molecular weight is 440 g/mol. The molecular formula is C18H24N4O7S. The summed E-state index contributed by atoms with van der Waals surface area (Å²) in [6.45, 7) is 1.41. The smallest absolute Gasteiger partial charge is 0.293 e. The first kappa shape index (κ1) is 25.0. The predicted octanol–water partition coefficient (Wildman–Crippen LogP) is 1.24. The summed E-state index contributed by atoms with van der Waals surface area (Å²) in [5.74, 6) is 0. The number of hydrogen-bond donors (Lipinski definition) is 3. The van der Waals surface area contributed by atoms with Gasteiger partial charge in [-0.15, -0.1) is 0 Å². The van der Waals surface area contributed by atoms with Crippen LogP contribution in [-0.2, 0) is 10.1 Å². The molecule has 0 bridgehead atoms. The number of H-pyrrole nitrogens is 1. The molecular weight excluding hydrogens is 416 g/mol. The maximum Gasteiger partial charge on any atom is 0.293 e. The highest BCUT2D eigenvalue weighted by atomic mass is 32.2. The van der Waals surface area contributed by atoms with Crippen LogP contribution in [-0.4, -0.2) is 66.7 Å². The molecule has 11 nitrogen and oxygen atoms in total. The van der Waals surface area contributed by atoms with Crippen molar-refractivity contribution in [3.05, 3.63) is 56.7 Å². The van der Waals surface area contributed by atoms with Crippen molar-refractivity contribution in [3.8, 4) is 0 Å². The highest BCUT2D eigenvalue weighted by Gasteiger charge is 2.19. The molecule has 3 rings (SSSR count). The van der Waals surface area contributed by atoms with E-state index in [-0.39, 0.29) is 22.1 Å². The van der Waals surface area contributed by atoms with E-state index in [4.69, 9.17) is 4.55 Å². The highest BCUT2D eigenvalue weighted by Crippen LogP contribution is 2.29. The number of non-ortho nitro benzene ring substituents is 1. The molecule has 0 aliphatic rings. The van der Waals surface area contributed by atoms with Crippen LogP contribution in [0, 0.1) is 10.1 Å². The summed E-state index contributed by atoms with van der Waals surface area (Å²) < 4.78 is 25.9. The standard InChI is InChI=1S/C17H18N4O3.CH4O3S.H2O/c1-20(2)10-9-18-13-7-8-14(21(23)24)16-15(13)17(22)11-5-3-4-6-12(11)19-16;1-5(2,3)4;/h3-8,18H,9-10H2,1-2H3,(H,19,22);1H3,(H,2,3,4);1H2. The van der Waals surface area contributed by atoms with Crippen LogP contribution in [0.1, 0.15) is 0 Å². The van der Waals surface area contributed by atoms with Gasteiger partial charge in [0.25, 0.3) is 15.8 Å². The Kier molecular flexibility index (Phi) is 8.42. The summed E-state index contributed by atoms with van der Waals surface area (Å²) in [5, 5.41) is 15.4. The summed E-state index contributed by atoms with van der Waals surface area (Å²) in [6, 6.07) is 10.0. The summed E-state index contributed by atoms with van der Waals surface area (Å²) in [5.41, 5.74) is 1.12. The van der Waals surface area contributed by atoms with Gasteiger partial charge in [-0.05, 0) is 32.3 Å². The molecule has 0 aliphatic carbocycles. The third kappa shape index (κ3) is 6.49. The first-order valence-electron chi connectivity index (χ1n) is 8.52. The molecule has 0 radical (unpaired) electrons. The van der Waals surface area contributed by atoms with Crippen molar-refractivity contribution in [1.82, 2.24) is 9.88 Å². The number of rotatable bonds is 5. The van der Waals surface area contributed by atoms with Crippen molar-refractivity contribution in [2.75, 3.05) is 38.8 Å². The van der Waals surface area contributed by atoms with Gasteiger partial charge in [-0.25, -0.2) is 0 Å². The van der Waals surface area contributed by atoms with E-state index in [9.17, 15) is 23.3 Å². The molecule has 0 saturated heterocycles. The number of pyridine rings is 1. The predicted molar refractivity (Wildman–Crippen MR) is 117 cm³/mol. The largest absolute Gasteiger partial charge is 0.412 e. The quantitative estimate of drug-likeness (QED) is 0.229. The van der Waals surface area contributed by atoms with Gasteiger partial charge in [-0.2, -0.15) is 8.42 Å². The molecule has 0 aliphatic heterocycles. The summed E-state index contributed by atoms with van der Waals surface area (Å²) in [6.07, 6.45) is 0.715. The third-order valence-corrected chi connectivity index (χ3v) is 3.91. The Labute approximate surface area is 172 Å². The van der Waals surface area contributed by atoms with Crippen molar-refractivity contribution in [3.63, 3.8) is 0 Å². The SMILES string of the molecule is CN(C)CCNc1ccc([N+](=O)[O-])c2[nH]c3ccccc3c(=O)c12.CS(=O)(=O)O.O. The van der Waals surface area contributed by atoms with E-state index in [2.05, 4.69) is 10.3 Å². The molecule has 1 heterocycles. The first-order valence-corrected chi connectivity index (χ1v) is 10.4. The zero-order valence-electron chi connectivity index (χ0n) is 16.7. The fourth-order valence-electron chi connectivity index (χ4n) is 2.73. The number of para-hydroxylation sites is 1. The fraction of sp³-hybridized carbons (Fsp3) is 0.278. The van der Waals surface area contributed by atoms with E-state index in [1.165, 1.54) is 6.07 Å². The zero-order chi connectivity index (χ0) is 21.8. The molecule has 30 heavy (non-hydrogen) atoms. The topological polar surface area (TPSA) is 177 Å². The maximum atomic E-state index is 12.9. The van der Waals surface area contributed by atoms with Crippen molar-refractivity contribution in [2.24, 2.45) is 0 Å². The van der Waals surface area contributed by atoms with Gasteiger partial charge in [0, 0.05) is 35.7 Å². The molecule has 3 aromatic rings. The number of nitrogens with zero attached hydrogens (tertiary/aromatic N) is 2. The van der Waals surface area contributed by atoms with E-state index in [0.717, 1.165) is 6.54 Å². The van der Waals surface area contributed by atoms with E-state index in [1.807, 2.05) is 19.0 Å². The van der Waals surface area contributed by atoms with Crippen LogP contribution < -0.4 is 10.7 Å². The van der Waals surface area contributed by atoms with E-state index in [0.29, 0.717) is 34.8 Å². The number of anilines is 1. The lowest BCUT2D eigenvalue weighted by molar-refractivity contribution is -0.383. The Balaban J connectivity index is 0.000000674. The average Bonchev–Trinajstić information content (AvgIpc) is 2.60. The van der Waals surface area contributed by atoms with Gasteiger partial charge in [0.15, 0.2) is 5.43 Å². The van der Waals surface area contributed by atoms with E-state index >= 15 is 0 Å². The molecule has 0 saturated carbocycles. The van der Waals surface area contributed by atoms with Gasteiger partial charge in [0.05, 0.1) is 16.6 Å². The van der Waals surface area contributed by atoms with Gasteiger partial charge in [0.2, 0.25) is 0 Å². The van der Waals surface area contributed by atoms with Crippen molar-refractivity contribution < 1.29 is 23.4 Å². The normalized spacial score (nSPS) is 11.0. The second-order valence-corrected chi connectivity index (χ2v) is 8.07. The Morgan fingerprint density at radius 2 is 1.80 bits per heavy atom. The van der Waals surface area contributed by atoms with Crippen LogP contribution in [0.25, 0.3) is 21.8 Å². The molecule has 0 unspecified atom stereocenters. The van der Waals surface area contributed by atoms with Crippen LogP contribution in [0.2, 0.25) is 0 Å². The van der Waals surface area contributed by atoms with Crippen LogP contribution in [0.5, 0.6) is 0 Å². The van der Waals surface area contributed by atoms with Crippen molar-refractivity contribution in [2.45, 2.75) is 0 Å². The summed E-state index contributed by atoms with van der Waals surface area (Å²) in [7, 11) is 0.242. The molecule has 0 fully saturated rings. The number of fused-ring (bicyclic) bond motifs is 2. The lowest BCUT2D eigenvalue weighted by Crippen LogP contribution is -2.21. The number of benzene rings is 2. The van der Waals surface area contributed by atoms with Crippen LogP contribution >= 0.6 is 0 Å². The number of likely N-dealkylation sites (N-methyl/N-ethyl adjacent to an activating group) is 1. The number of nitrogens with one attached hydrogen (secondary N) is 2. The summed E-state index contributed by atoms with van der Waals surface area (Å²) in [4.78, 5) is 28.8. The number of hydrogen-bond acceptors (Lipinski definition) is 7. The molecule has 164 valence electrons. The highest BCUT2D eigenvalue weighted by molar-refractivity contribution is 7.85. The molecule has 0 spiro atoms. The minimum atomic E-state index is -3.67. The minimum Gasteiger partial charge on any atom is -0.412 e. The number of aromatic nitrogens is 1. The monoisotopic (exact) mass is 440 g/mol. The van der Waals surface area contributed by atoms with Gasteiger partial charge >= 0.3 is 0 Å². The third-order valence-electron chi connectivity index (χ3n) is 3.91. The first-order chi connectivity index (χ1) is 13.5. The number of aromatic amines is 1. The lowest BCUT2D eigenvalue weighted by atomic mass is 10.1. The van der Waals surface area contributed by atoms with Crippen LogP contribution in [0.15, 0.2) is 41.2 Å². The molecule has 1 aromatic heterocycles. The fourth-order valence-corrected chi connectivity index (χ4v) is 2.73. The van der Waals surface area contributed by atoms with Gasteiger partial charge in [-0.3, -0.25) is 19.5 Å². The molecule has 0 atom stereocenters. The molecule has 2 aromatic carbocycles. The summed E-state index contributed by atoms with van der Waals surface area (Å²) >= 11 is 0. The van der Waals surface area contributed by atoms with Crippen molar-refractivity contribution in [1.29, 1.82) is 0 Å². The van der Waals surface area contributed by atoms with Crippen molar-refractivity contribution >= 4 is 43.3 Å². The van der Waals surface area contributed by atoms with Gasteiger partial charge < -0.3 is 20.7 Å². The second-order valence-electron chi connectivity index (χ2n) is 6.60. The Bertz CT molecular complexity index is 1200. The molecule has 12 heteroatoms. The zero-order valence-corrected chi connectivity index (χ0v) is 17.5. The second kappa shape index (κ2) is 10.1. The van der Waals surface area contributed by atoms with Crippen LogP contribution in [0.4, 0.5) is 11.4 Å². The minimum absolute atomic E-state index is 0. The number of nitro benzene ring substituents is 1.